The largest absolute Gasteiger partial charge is 0.285 e. The summed E-state index contributed by atoms with van der Waals surface area (Å²) in [5.41, 5.74) is 0. The zero-order valence-corrected chi connectivity index (χ0v) is 8.10. The van der Waals surface area contributed by atoms with Gasteiger partial charge in [-0.15, -0.1) is 0 Å². The average Bonchev–Trinajstić information content (AvgIpc) is 1.85. The van der Waals surface area contributed by atoms with Crippen molar-refractivity contribution in [1.29, 1.82) is 0 Å². The summed E-state index contributed by atoms with van der Waals surface area (Å²) >= 11 is 0. The first-order valence-corrected chi connectivity index (χ1v) is 6.19. The first-order chi connectivity index (χ1) is 5.25. The predicted octanol–water partition coefficient (Wildman–Crippen LogP) is 0.169. The fourth-order valence-corrected chi connectivity index (χ4v) is 3.41. The predicted molar refractivity (Wildman–Crippen MR) is 44.7 cm³/mol. The van der Waals surface area contributed by atoms with Crippen LogP contribution in [0, 0.1) is 0 Å². The monoisotopic (exact) mass is 214 g/mol. The van der Waals surface area contributed by atoms with Crippen LogP contribution in [0.3, 0.4) is 0 Å². The molecule has 5 nitrogen and oxygen atoms in total. The van der Waals surface area contributed by atoms with E-state index < -0.39 is 24.5 Å². The van der Waals surface area contributed by atoms with Crippen molar-refractivity contribution in [2.45, 2.75) is 17.9 Å². The molecule has 0 fully saturated rings. The van der Waals surface area contributed by atoms with Crippen LogP contribution in [0.2, 0.25) is 0 Å². The Morgan fingerprint density at radius 2 is 1.83 bits per heavy atom. The lowest BCUT2D eigenvalue weighted by molar-refractivity contribution is 0.475. The van der Waals surface area contributed by atoms with Gasteiger partial charge in [-0.2, -0.15) is 8.42 Å². The van der Waals surface area contributed by atoms with E-state index >= 15 is 0 Å². The summed E-state index contributed by atoms with van der Waals surface area (Å²) in [6.07, 6.45) is -0.201. The van der Waals surface area contributed by atoms with Crippen molar-refractivity contribution in [2.24, 2.45) is 0 Å². The Bertz CT molecular complexity index is 349. The minimum absolute atomic E-state index is 0.201. The van der Waals surface area contributed by atoms with Crippen molar-refractivity contribution >= 4 is 20.0 Å². The van der Waals surface area contributed by atoms with E-state index in [9.17, 15) is 16.8 Å². The Labute approximate surface area is 71.8 Å². The highest BCUT2D eigenvalue weighted by molar-refractivity contribution is 8.08. The molecule has 0 aliphatic carbocycles. The van der Waals surface area contributed by atoms with Gasteiger partial charge in [0.05, 0.1) is 0 Å². The topological polar surface area (TPSA) is 88.5 Å². The van der Waals surface area contributed by atoms with Crippen molar-refractivity contribution in [3.63, 3.8) is 0 Å². The molecule has 1 N–H and O–H groups in total. The molecule has 0 heterocycles. The smallest absolute Gasteiger partial charge is 0.282 e. The van der Waals surface area contributed by atoms with Crippen molar-refractivity contribution in [2.75, 3.05) is 0 Å². The van der Waals surface area contributed by atoms with Gasteiger partial charge in [-0.05, 0) is 6.42 Å². The van der Waals surface area contributed by atoms with Crippen LogP contribution in [0.15, 0.2) is 12.0 Å². The van der Waals surface area contributed by atoms with Crippen molar-refractivity contribution < 1.29 is 21.4 Å². The lowest BCUT2D eigenvalue weighted by Crippen LogP contribution is -2.27. The van der Waals surface area contributed by atoms with E-state index in [1.165, 1.54) is 6.92 Å². The van der Waals surface area contributed by atoms with E-state index in [-0.39, 0.29) is 6.42 Å². The molecule has 0 aromatic carbocycles. The normalized spacial score (nSPS) is 15.5. The van der Waals surface area contributed by atoms with E-state index in [4.69, 9.17) is 4.55 Å². The van der Waals surface area contributed by atoms with Gasteiger partial charge < -0.3 is 0 Å². The Morgan fingerprint density at radius 1 is 1.42 bits per heavy atom. The van der Waals surface area contributed by atoms with E-state index in [0.29, 0.717) is 5.41 Å². The quantitative estimate of drug-likeness (QED) is 0.674. The van der Waals surface area contributed by atoms with Crippen LogP contribution in [-0.4, -0.2) is 26.0 Å². The van der Waals surface area contributed by atoms with E-state index in [0.717, 1.165) is 0 Å². The number of rotatable bonds is 4. The molecule has 72 valence electrons. The summed E-state index contributed by atoms with van der Waals surface area (Å²) in [5, 5.41) is 0.523. The fraction of sp³-hybridized carbons (Fsp3) is 0.600. The third-order valence-corrected chi connectivity index (χ3v) is 5.33. The molecule has 0 spiro atoms. The van der Waals surface area contributed by atoms with Gasteiger partial charge in [-0.3, -0.25) is 4.55 Å². The van der Waals surface area contributed by atoms with Crippen LogP contribution in [0.25, 0.3) is 0 Å². The second-order valence-electron chi connectivity index (χ2n) is 2.11. The van der Waals surface area contributed by atoms with Crippen LogP contribution in [0.1, 0.15) is 13.3 Å². The first-order valence-electron chi connectivity index (χ1n) is 3.08. The first kappa shape index (κ1) is 11.6. The lowest BCUT2D eigenvalue weighted by atomic mass is 10.6. The minimum Gasteiger partial charge on any atom is -0.285 e. The molecule has 12 heavy (non-hydrogen) atoms. The molecule has 0 saturated carbocycles. The van der Waals surface area contributed by atoms with Crippen LogP contribution in [0.4, 0.5) is 0 Å². The Morgan fingerprint density at radius 3 is 1.92 bits per heavy atom. The Hall–Kier alpha value is -0.400. The van der Waals surface area contributed by atoms with Crippen LogP contribution in [0.5, 0.6) is 0 Å². The van der Waals surface area contributed by atoms with Crippen LogP contribution < -0.4 is 0 Å². The summed E-state index contributed by atoms with van der Waals surface area (Å²) in [4.78, 5) is 0. The lowest BCUT2D eigenvalue weighted by Gasteiger charge is -2.08. The zero-order chi connectivity index (χ0) is 9.99. The van der Waals surface area contributed by atoms with Crippen molar-refractivity contribution in [3.8, 4) is 0 Å². The van der Waals surface area contributed by atoms with Gasteiger partial charge >= 0.3 is 0 Å². The van der Waals surface area contributed by atoms with Crippen LogP contribution in [-0.2, 0) is 20.0 Å². The number of sulfone groups is 1. The molecule has 1 atom stereocenters. The Balaban J connectivity index is 5.24. The summed E-state index contributed by atoms with van der Waals surface area (Å²) in [6.45, 7) is 4.30. The SMILES string of the molecule is C=CS(=O)(=O)C(CC)S(=O)(=O)O. The van der Waals surface area contributed by atoms with Gasteiger partial charge in [0, 0.05) is 5.41 Å². The molecule has 0 amide bonds. The van der Waals surface area contributed by atoms with Crippen molar-refractivity contribution in [1.82, 2.24) is 0 Å². The second-order valence-corrected chi connectivity index (χ2v) is 6.09. The Kier molecular flexibility index (Phi) is 3.43. The molecule has 0 radical (unpaired) electrons. The molecular formula is C5H10O5S2. The van der Waals surface area contributed by atoms with Gasteiger partial charge in [0.25, 0.3) is 10.1 Å². The molecule has 0 bridgehead atoms. The molecule has 0 aromatic rings. The number of hydrogen-bond donors (Lipinski definition) is 1. The van der Waals surface area contributed by atoms with Gasteiger partial charge in [0.1, 0.15) is 0 Å². The maximum Gasteiger partial charge on any atom is 0.282 e. The molecule has 0 aromatic heterocycles. The second kappa shape index (κ2) is 3.55. The summed E-state index contributed by atoms with van der Waals surface area (Å²) in [7, 11) is -8.49. The molecule has 0 aliphatic heterocycles. The van der Waals surface area contributed by atoms with E-state index in [1.54, 1.807) is 0 Å². The maximum atomic E-state index is 10.9. The average molecular weight is 214 g/mol. The van der Waals surface area contributed by atoms with Gasteiger partial charge in [0.15, 0.2) is 14.4 Å². The summed E-state index contributed by atoms with van der Waals surface area (Å²) < 4.78 is 49.5. The van der Waals surface area contributed by atoms with Gasteiger partial charge in [0.2, 0.25) is 0 Å². The molecule has 7 heteroatoms. The van der Waals surface area contributed by atoms with E-state index in [2.05, 4.69) is 6.58 Å². The molecule has 0 saturated heterocycles. The maximum absolute atomic E-state index is 10.9. The molecule has 1 unspecified atom stereocenters. The standard InChI is InChI=1S/C5H10O5S2/c1-3-5(12(8,9)10)11(6,7)4-2/h4-5H,2-3H2,1H3,(H,8,9,10). The number of hydrogen-bond acceptors (Lipinski definition) is 4. The third kappa shape index (κ3) is 2.58. The minimum atomic E-state index is -4.54. The van der Waals surface area contributed by atoms with Crippen LogP contribution >= 0.6 is 0 Å². The fourth-order valence-electron chi connectivity index (χ4n) is 0.720. The molecule has 0 aliphatic rings. The highest BCUT2D eigenvalue weighted by Crippen LogP contribution is 2.13. The summed E-state index contributed by atoms with van der Waals surface area (Å²) in [6, 6.07) is 0. The van der Waals surface area contributed by atoms with Gasteiger partial charge in [-0.25, -0.2) is 8.42 Å². The summed E-state index contributed by atoms with van der Waals surface area (Å²) in [5.74, 6) is 0. The zero-order valence-electron chi connectivity index (χ0n) is 6.47. The van der Waals surface area contributed by atoms with Crippen molar-refractivity contribution in [3.05, 3.63) is 12.0 Å². The highest BCUT2D eigenvalue weighted by Gasteiger charge is 2.32. The third-order valence-electron chi connectivity index (χ3n) is 1.26. The molecular weight excluding hydrogens is 204 g/mol. The highest BCUT2D eigenvalue weighted by atomic mass is 32.3. The van der Waals surface area contributed by atoms with E-state index in [1.807, 2.05) is 0 Å². The molecule has 0 rings (SSSR count). The van der Waals surface area contributed by atoms with Gasteiger partial charge in [-0.1, -0.05) is 13.5 Å².